The number of nitrogens with one attached hydrogen (secondary N) is 1. The van der Waals surface area contributed by atoms with Crippen molar-refractivity contribution < 1.29 is 18.0 Å². The summed E-state index contributed by atoms with van der Waals surface area (Å²) in [7, 11) is -2.71. The van der Waals surface area contributed by atoms with Crippen LogP contribution in [0.4, 0.5) is 4.79 Å². The zero-order valence-electron chi connectivity index (χ0n) is 9.03. The monoisotopic (exact) mass is 267 g/mol. The first kappa shape index (κ1) is 12.3. The molecule has 0 aromatic heterocycles. The molecule has 3 N–H and O–H groups in total. The van der Waals surface area contributed by atoms with Gasteiger partial charge in [0.25, 0.3) is 5.91 Å². The SMILES string of the molecule is NN1C(=O)NC(=S(=O)=O)C(c2ccccc2)C1=O. The van der Waals surface area contributed by atoms with E-state index in [1.165, 1.54) is 0 Å². The lowest BCUT2D eigenvalue weighted by Crippen LogP contribution is -2.59. The van der Waals surface area contributed by atoms with Crippen LogP contribution >= 0.6 is 0 Å². The highest BCUT2D eigenvalue weighted by atomic mass is 32.2. The summed E-state index contributed by atoms with van der Waals surface area (Å²) in [6.45, 7) is 0. The zero-order chi connectivity index (χ0) is 13.3. The largest absolute Gasteiger partial charge is 0.343 e. The van der Waals surface area contributed by atoms with Gasteiger partial charge in [0.1, 0.15) is 5.92 Å². The van der Waals surface area contributed by atoms with Crippen molar-refractivity contribution in [2.75, 3.05) is 0 Å². The van der Waals surface area contributed by atoms with Crippen molar-refractivity contribution >= 4 is 27.2 Å². The lowest BCUT2D eigenvalue weighted by atomic mass is 9.96. The van der Waals surface area contributed by atoms with Gasteiger partial charge < -0.3 is 0 Å². The van der Waals surface area contributed by atoms with Gasteiger partial charge in [-0.3, -0.25) is 10.1 Å². The maximum atomic E-state index is 11.9. The van der Waals surface area contributed by atoms with Crippen LogP contribution in [0.15, 0.2) is 30.3 Å². The lowest BCUT2D eigenvalue weighted by Gasteiger charge is -2.28. The fourth-order valence-electron chi connectivity index (χ4n) is 1.67. The summed E-state index contributed by atoms with van der Waals surface area (Å²) < 4.78 is 22.1. The average Bonchev–Trinajstić information content (AvgIpc) is 2.36. The summed E-state index contributed by atoms with van der Waals surface area (Å²) in [5.74, 6) is 3.36. The van der Waals surface area contributed by atoms with Crippen molar-refractivity contribution in [3.63, 3.8) is 0 Å². The van der Waals surface area contributed by atoms with Crippen molar-refractivity contribution in [3.05, 3.63) is 35.9 Å². The van der Waals surface area contributed by atoms with Crippen molar-refractivity contribution in [2.45, 2.75) is 5.92 Å². The van der Waals surface area contributed by atoms with E-state index < -0.39 is 33.1 Å². The Morgan fingerprint density at radius 2 is 1.78 bits per heavy atom. The molecule has 1 atom stereocenters. The molecule has 18 heavy (non-hydrogen) atoms. The van der Waals surface area contributed by atoms with Crippen LogP contribution in [-0.2, 0) is 15.1 Å². The highest BCUT2D eigenvalue weighted by Gasteiger charge is 2.39. The lowest BCUT2D eigenvalue weighted by molar-refractivity contribution is -0.129. The molecule has 0 saturated carbocycles. The molecular weight excluding hydrogens is 258 g/mol. The predicted molar refractivity (Wildman–Crippen MR) is 62.7 cm³/mol. The van der Waals surface area contributed by atoms with E-state index in [1.54, 1.807) is 30.3 Å². The van der Waals surface area contributed by atoms with Crippen LogP contribution < -0.4 is 11.2 Å². The van der Waals surface area contributed by atoms with Crippen molar-refractivity contribution in [2.24, 2.45) is 5.84 Å². The number of hydrazine groups is 1. The van der Waals surface area contributed by atoms with Gasteiger partial charge in [-0.15, -0.1) is 0 Å². The number of amides is 3. The van der Waals surface area contributed by atoms with Gasteiger partial charge >= 0.3 is 6.03 Å². The predicted octanol–water partition coefficient (Wildman–Crippen LogP) is -0.795. The third-order valence-corrected chi connectivity index (χ3v) is 3.20. The van der Waals surface area contributed by atoms with Gasteiger partial charge in [-0.25, -0.2) is 10.6 Å². The fourth-order valence-corrected chi connectivity index (χ4v) is 2.27. The fraction of sp³-hybridized carbons (Fsp3) is 0.100. The molecule has 1 fully saturated rings. The molecule has 0 bridgehead atoms. The number of nitrogens with zero attached hydrogens (tertiary/aromatic N) is 1. The number of carbonyl (C=O) groups is 2. The zero-order valence-corrected chi connectivity index (χ0v) is 9.85. The van der Waals surface area contributed by atoms with Gasteiger partial charge in [-0.1, -0.05) is 30.3 Å². The second kappa shape index (κ2) is 4.59. The molecule has 94 valence electrons. The van der Waals surface area contributed by atoms with E-state index in [2.05, 4.69) is 5.32 Å². The van der Waals surface area contributed by atoms with Crippen molar-refractivity contribution in [1.82, 2.24) is 10.3 Å². The Kier molecular flexibility index (Phi) is 3.13. The van der Waals surface area contributed by atoms with Gasteiger partial charge in [0.05, 0.1) is 0 Å². The van der Waals surface area contributed by atoms with E-state index in [1.807, 2.05) is 0 Å². The number of carbonyl (C=O) groups excluding carboxylic acids is 2. The van der Waals surface area contributed by atoms with Gasteiger partial charge in [0.2, 0.25) is 10.3 Å². The molecule has 7 nitrogen and oxygen atoms in total. The van der Waals surface area contributed by atoms with E-state index in [-0.39, 0.29) is 0 Å². The van der Waals surface area contributed by atoms with E-state index in [4.69, 9.17) is 5.84 Å². The van der Waals surface area contributed by atoms with Crippen LogP contribution in [0, 0.1) is 0 Å². The van der Waals surface area contributed by atoms with Gasteiger partial charge in [0, 0.05) is 0 Å². The molecule has 3 amide bonds. The van der Waals surface area contributed by atoms with Crippen LogP contribution in [0.5, 0.6) is 0 Å². The van der Waals surface area contributed by atoms with Gasteiger partial charge in [-0.2, -0.15) is 13.4 Å². The molecule has 1 heterocycles. The second-order valence-corrected chi connectivity index (χ2v) is 4.49. The Bertz CT molecular complexity index is 630. The van der Waals surface area contributed by atoms with Crippen molar-refractivity contribution in [1.29, 1.82) is 0 Å². The molecule has 1 aromatic rings. The highest BCUT2D eigenvalue weighted by molar-refractivity contribution is 7.73. The number of nitrogens with two attached hydrogens (primary N) is 1. The number of hydrogen-bond donors (Lipinski definition) is 2. The minimum atomic E-state index is -2.71. The molecule has 1 aliphatic heterocycles. The van der Waals surface area contributed by atoms with Gasteiger partial charge in [-0.05, 0) is 5.56 Å². The summed E-state index contributed by atoms with van der Waals surface area (Å²) in [5.41, 5.74) is 0.442. The number of imide groups is 1. The summed E-state index contributed by atoms with van der Waals surface area (Å²) in [6, 6.07) is 7.24. The van der Waals surface area contributed by atoms with Crippen LogP contribution in [0.3, 0.4) is 0 Å². The molecule has 1 saturated heterocycles. The van der Waals surface area contributed by atoms with Crippen LogP contribution in [0.1, 0.15) is 11.5 Å². The van der Waals surface area contributed by atoms with Crippen molar-refractivity contribution in [3.8, 4) is 0 Å². The van der Waals surface area contributed by atoms with E-state index in [0.717, 1.165) is 0 Å². The maximum Gasteiger partial charge on any atom is 0.343 e. The summed E-state index contributed by atoms with van der Waals surface area (Å²) >= 11 is 0. The first-order valence-corrected chi connectivity index (χ1v) is 6.00. The van der Waals surface area contributed by atoms with Gasteiger partial charge in [0.15, 0.2) is 4.99 Å². The Balaban J connectivity index is 2.58. The standard InChI is InChI=1S/C10H9N3O4S/c11-13-9(14)7(6-4-2-1-3-5-6)8(18(16)17)12-10(13)15/h1-5,7H,11H2,(H,12,15). The average molecular weight is 267 g/mol. The Morgan fingerprint density at radius 1 is 1.17 bits per heavy atom. The number of benzene rings is 1. The maximum absolute atomic E-state index is 11.9. The third kappa shape index (κ3) is 1.98. The minimum absolute atomic E-state index is 0.369. The van der Waals surface area contributed by atoms with E-state index in [9.17, 15) is 18.0 Å². The molecule has 1 aliphatic rings. The quantitative estimate of drug-likeness (QED) is 0.393. The highest BCUT2D eigenvalue weighted by Crippen LogP contribution is 2.21. The second-order valence-electron chi connectivity index (χ2n) is 3.58. The Morgan fingerprint density at radius 3 is 2.33 bits per heavy atom. The first-order valence-electron chi connectivity index (χ1n) is 4.93. The molecule has 8 heteroatoms. The topological polar surface area (TPSA) is 110 Å². The smallest absolute Gasteiger partial charge is 0.296 e. The number of urea groups is 1. The molecule has 0 radical (unpaired) electrons. The summed E-state index contributed by atoms with van der Waals surface area (Å²) in [5, 5.41) is 2.46. The minimum Gasteiger partial charge on any atom is -0.296 e. The summed E-state index contributed by atoms with van der Waals surface area (Å²) in [6.07, 6.45) is 0. The van der Waals surface area contributed by atoms with Crippen LogP contribution in [0.2, 0.25) is 0 Å². The summed E-state index contributed by atoms with van der Waals surface area (Å²) in [4.78, 5) is 22.8. The van der Waals surface area contributed by atoms with Crippen LogP contribution in [0.25, 0.3) is 0 Å². The molecule has 0 spiro atoms. The number of hydrogen-bond acceptors (Lipinski definition) is 5. The Hall–Kier alpha value is -2.19. The Labute approximate surface area is 104 Å². The van der Waals surface area contributed by atoms with Crippen LogP contribution in [-0.4, -0.2) is 30.4 Å². The molecule has 2 rings (SSSR count). The normalized spacial score (nSPS) is 19.7. The molecular formula is C10H9N3O4S. The van der Waals surface area contributed by atoms with E-state index in [0.29, 0.717) is 10.6 Å². The number of rotatable bonds is 1. The molecule has 0 aliphatic carbocycles. The molecule has 1 aromatic carbocycles. The van der Waals surface area contributed by atoms with E-state index >= 15 is 0 Å². The molecule has 1 unspecified atom stereocenters. The third-order valence-electron chi connectivity index (χ3n) is 2.51. The first-order chi connectivity index (χ1) is 8.52.